The molecule has 64 valence electrons. The minimum atomic E-state index is -0.0133. The summed E-state index contributed by atoms with van der Waals surface area (Å²) in [4.78, 5) is 0. The van der Waals surface area contributed by atoms with E-state index in [9.17, 15) is 0 Å². The third-order valence-electron chi connectivity index (χ3n) is 2.44. The van der Waals surface area contributed by atoms with Crippen LogP contribution in [0.5, 0.6) is 0 Å². The normalized spacial score (nSPS) is 27.2. The van der Waals surface area contributed by atoms with E-state index >= 15 is 0 Å². The molecule has 1 aromatic rings. The number of hydrogen-bond acceptors (Lipinski definition) is 3. The predicted molar refractivity (Wildman–Crippen MR) is 49.5 cm³/mol. The molecule has 3 nitrogen and oxygen atoms in total. The number of fused-ring (bicyclic) bond motifs is 1. The summed E-state index contributed by atoms with van der Waals surface area (Å²) >= 11 is 0. The van der Waals surface area contributed by atoms with E-state index in [4.69, 9.17) is 17.2 Å². The highest BCUT2D eigenvalue weighted by molar-refractivity contribution is 5.48. The molecule has 2 atom stereocenters. The number of nitrogen functional groups attached to an aromatic ring is 1. The van der Waals surface area contributed by atoms with E-state index in [1.54, 1.807) is 0 Å². The van der Waals surface area contributed by atoms with Crippen LogP contribution < -0.4 is 17.2 Å². The van der Waals surface area contributed by atoms with Crippen LogP contribution in [0, 0.1) is 0 Å². The van der Waals surface area contributed by atoms with Gasteiger partial charge in [-0.05, 0) is 29.7 Å². The predicted octanol–water partition coefficient (Wildman–Crippen LogP) is 0.152. The quantitative estimate of drug-likeness (QED) is 0.476. The van der Waals surface area contributed by atoms with Gasteiger partial charge in [0.25, 0.3) is 0 Å². The molecular weight excluding hydrogens is 150 g/mol. The van der Waals surface area contributed by atoms with Gasteiger partial charge >= 0.3 is 0 Å². The van der Waals surface area contributed by atoms with Crippen molar-refractivity contribution in [2.45, 2.75) is 18.5 Å². The Morgan fingerprint density at radius 3 is 2.75 bits per heavy atom. The first-order valence-electron chi connectivity index (χ1n) is 4.08. The molecule has 0 bridgehead atoms. The SMILES string of the molecule is Nc1ccc2c(c1)CC(N)C2N. The van der Waals surface area contributed by atoms with Gasteiger partial charge in [0.05, 0.1) is 0 Å². The van der Waals surface area contributed by atoms with Crippen LogP contribution >= 0.6 is 0 Å². The first kappa shape index (κ1) is 7.58. The Kier molecular flexibility index (Phi) is 1.56. The van der Waals surface area contributed by atoms with Crippen LogP contribution in [0.15, 0.2) is 18.2 Å². The van der Waals surface area contributed by atoms with Crippen molar-refractivity contribution < 1.29 is 0 Å². The standard InChI is InChI=1S/C9H13N3/c10-6-1-2-7-5(3-6)4-8(11)9(7)12/h1-3,8-9H,4,10-12H2. The Balaban J connectivity index is 2.47. The van der Waals surface area contributed by atoms with E-state index in [1.807, 2.05) is 18.2 Å². The van der Waals surface area contributed by atoms with Crippen LogP contribution in [0.25, 0.3) is 0 Å². The van der Waals surface area contributed by atoms with Crippen LogP contribution in [0.2, 0.25) is 0 Å². The van der Waals surface area contributed by atoms with Crippen molar-refractivity contribution in [2.24, 2.45) is 11.5 Å². The molecule has 2 unspecified atom stereocenters. The number of hydrogen-bond donors (Lipinski definition) is 3. The average molecular weight is 163 g/mol. The Morgan fingerprint density at radius 2 is 2.00 bits per heavy atom. The van der Waals surface area contributed by atoms with Crippen LogP contribution in [-0.2, 0) is 6.42 Å². The Morgan fingerprint density at radius 1 is 1.25 bits per heavy atom. The molecule has 0 saturated carbocycles. The number of benzene rings is 1. The molecule has 0 heterocycles. The smallest absolute Gasteiger partial charge is 0.0454 e. The summed E-state index contributed by atoms with van der Waals surface area (Å²) in [6.07, 6.45) is 0.849. The largest absolute Gasteiger partial charge is 0.399 e. The third kappa shape index (κ3) is 0.983. The van der Waals surface area contributed by atoms with E-state index in [2.05, 4.69) is 0 Å². The second-order valence-corrected chi connectivity index (χ2v) is 3.35. The fourth-order valence-electron chi connectivity index (χ4n) is 1.74. The van der Waals surface area contributed by atoms with Gasteiger partial charge in [-0.3, -0.25) is 0 Å². The fraction of sp³-hybridized carbons (Fsp3) is 0.333. The van der Waals surface area contributed by atoms with Gasteiger partial charge in [0, 0.05) is 17.8 Å². The molecule has 0 saturated heterocycles. The number of nitrogens with two attached hydrogens (primary N) is 3. The Hall–Kier alpha value is -1.06. The van der Waals surface area contributed by atoms with Gasteiger partial charge in [-0.2, -0.15) is 0 Å². The maximum Gasteiger partial charge on any atom is 0.0454 e. The lowest BCUT2D eigenvalue weighted by molar-refractivity contribution is 0.593. The molecule has 12 heavy (non-hydrogen) atoms. The summed E-state index contributed by atoms with van der Waals surface area (Å²) < 4.78 is 0. The first-order chi connectivity index (χ1) is 5.68. The lowest BCUT2D eigenvalue weighted by Gasteiger charge is -2.09. The van der Waals surface area contributed by atoms with Crippen LogP contribution in [-0.4, -0.2) is 6.04 Å². The van der Waals surface area contributed by atoms with Crippen molar-refractivity contribution in [3.05, 3.63) is 29.3 Å². The molecule has 0 amide bonds. The van der Waals surface area contributed by atoms with Gasteiger partial charge in [0.15, 0.2) is 0 Å². The van der Waals surface area contributed by atoms with Crippen molar-refractivity contribution in [3.8, 4) is 0 Å². The van der Waals surface area contributed by atoms with Crippen molar-refractivity contribution in [2.75, 3.05) is 5.73 Å². The van der Waals surface area contributed by atoms with Crippen LogP contribution in [0.1, 0.15) is 17.2 Å². The molecule has 1 aliphatic rings. The monoisotopic (exact) mass is 163 g/mol. The summed E-state index contributed by atoms with van der Waals surface area (Å²) in [5.41, 5.74) is 20.5. The second-order valence-electron chi connectivity index (χ2n) is 3.35. The van der Waals surface area contributed by atoms with E-state index < -0.39 is 0 Å². The molecule has 1 aliphatic carbocycles. The summed E-state index contributed by atoms with van der Waals surface area (Å²) in [7, 11) is 0. The van der Waals surface area contributed by atoms with E-state index in [0.717, 1.165) is 17.7 Å². The minimum Gasteiger partial charge on any atom is -0.399 e. The maximum absolute atomic E-state index is 5.87. The van der Waals surface area contributed by atoms with Crippen LogP contribution in [0.3, 0.4) is 0 Å². The summed E-state index contributed by atoms with van der Waals surface area (Å²) in [5.74, 6) is 0. The second kappa shape index (κ2) is 2.47. The number of rotatable bonds is 0. The van der Waals surface area contributed by atoms with Crippen molar-refractivity contribution in [1.82, 2.24) is 0 Å². The van der Waals surface area contributed by atoms with Gasteiger partial charge in [-0.15, -0.1) is 0 Å². The summed E-state index contributed by atoms with van der Waals surface area (Å²) in [5, 5.41) is 0. The molecule has 6 N–H and O–H groups in total. The van der Waals surface area contributed by atoms with Gasteiger partial charge in [-0.25, -0.2) is 0 Å². The molecule has 1 aromatic carbocycles. The average Bonchev–Trinajstić information content (AvgIpc) is 2.28. The zero-order valence-electron chi connectivity index (χ0n) is 6.83. The van der Waals surface area contributed by atoms with Crippen molar-refractivity contribution >= 4 is 5.69 Å². The van der Waals surface area contributed by atoms with Crippen molar-refractivity contribution in [1.29, 1.82) is 0 Å². The van der Waals surface area contributed by atoms with Crippen LogP contribution in [0.4, 0.5) is 5.69 Å². The molecule has 0 spiro atoms. The lowest BCUT2D eigenvalue weighted by atomic mass is 10.1. The summed E-state index contributed by atoms with van der Waals surface area (Å²) in [6, 6.07) is 5.85. The van der Waals surface area contributed by atoms with E-state index in [1.165, 1.54) is 5.56 Å². The van der Waals surface area contributed by atoms with Gasteiger partial charge in [0.1, 0.15) is 0 Å². The summed E-state index contributed by atoms with van der Waals surface area (Å²) in [6.45, 7) is 0. The first-order valence-corrected chi connectivity index (χ1v) is 4.08. The number of anilines is 1. The lowest BCUT2D eigenvalue weighted by Crippen LogP contribution is -2.30. The van der Waals surface area contributed by atoms with Gasteiger partial charge in [0.2, 0.25) is 0 Å². The van der Waals surface area contributed by atoms with E-state index in [-0.39, 0.29) is 12.1 Å². The zero-order valence-corrected chi connectivity index (χ0v) is 6.83. The Bertz CT molecular complexity index is 309. The molecule has 3 heteroatoms. The van der Waals surface area contributed by atoms with E-state index in [0.29, 0.717) is 0 Å². The molecule has 0 aliphatic heterocycles. The molecular formula is C9H13N3. The van der Waals surface area contributed by atoms with Crippen molar-refractivity contribution in [3.63, 3.8) is 0 Å². The highest BCUT2D eigenvalue weighted by atomic mass is 14.8. The molecule has 2 rings (SSSR count). The highest BCUT2D eigenvalue weighted by Crippen LogP contribution is 2.29. The molecule has 0 aromatic heterocycles. The third-order valence-corrected chi connectivity index (χ3v) is 2.44. The highest BCUT2D eigenvalue weighted by Gasteiger charge is 2.26. The molecule has 0 fully saturated rings. The van der Waals surface area contributed by atoms with Gasteiger partial charge in [-0.1, -0.05) is 6.07 Å². The Labute approximate surface area is 71.5 Å². The maximum atomic E-state index is 5.87. The zero-order chi connectivity index (χ0) is 8.72. The fourth-order valence-corrected chi connectivity index (χ4v) is 1.74. The minimum absolute atomic E-state index is 0.0133. The van der Waals surface area contributed by atoms with Gasteiger partial charge < -0.3 is 17.2 Å². The topological polar surface area (TPSA) is 78.1 Å². The molecule has 0 radical (unpaired) electrons.